The monoisotopic (exact) mass is 288 g/mol. The van der Waals surface area contributed by atoms with E-state index < -0.39 is 0 Å². The Morgan fingerprint density at radius 1 is 1.30 bits per heavy atom. The Labute approximate surface area is 121 Å². The molecule has 3 rings (SSSR count). The summed E-state index contributed by atoms with van der Waals surface area (Å²) in [6, 6.07) is 8.09. The van der Waals surface area contributed by atoms with Crippen LogP contribution in [0.4, 0.5) is 0 Å². The Bertz CT molecular complexity index is 719. The van der Waals surface area contributed by atoms with Crippen molar-refractivity contribution in [3.05, 3.63) is 34.7 Å². The second kappa shape index (κ2) is 5.70. The molecule has 0 aliphatic heterocycles. The van der Waals surface area contributed by atoms with Gasteiger partial charge in [-0.2, -0.15) is 0 Å². The van der Waals surface area contributed by atoms with Crippen molar-refractivity contribution >= 4 is 22.4 Å². The number of para-hydroxylation sites is 2. The van der Waals surface area contributed by atoms with Gasteiger partial charge < -0.3 is 15.0 Å². The Morgan fingerprint density at radius 2 is 2.15 bits per heavy atom. The molecule has 3 aromatic rings. The lowest BCUT2D eigenvalue weighted by Crippen LogP contribution is -2.06. The molecule has 2 aromatic heterocycles. The summed E-state index contributed by atoms with van der Waals surface area (Å²) in [5, 5.41) is 2.93. The first-order valence-corrected chi connectivity index (χ1v) is 7.30. The molecule has 1 aromatic carbocycles. The molecule has 104 valence electrons. The van der Waals surface area contributed by atoms with Gasteiger partial charge in [0.25, 0.3) is 0 Å². The van der Waals surface area contributed by atoms with Crippen LogP contribution in [0, 0.1) is 0 Å². The lowest BCUT2D eigenvalue weighted by molar-refractivity contribution is 0.188. The maximum atomic E-state index is 5.64. The number of imidazole rings is 1. The first-order chi connectivity index (χ1) is 9.83. The Hall–Kier alpha value is -1.76. The van der Waals surface area contributed by atoms with Crippen LogP contribution in [0.15, 0.2) is 29.6 Å². The molecule has 5 nitrogen and oxygen atoms in total. The number of hydrogen-bond acceptors (Lipinski definition) is 5. The zero-order valence-electron chi connectivity index (χ0n) is 11.2. The number of benzene rings is 1. The van der Waals surface area contributed by atoms with Crippen LogP contribution in [0.3, 0.4) is 0 Å². The van der Waals surface area contributed by atoms with Crippen LogP contribution < -0.4 is 5.73 Å². The fourth-order valence-electron chi connectivity index (χ4n) is 2.19. The highest BCUT2D eigenvalue weighted by Crippen LogP contribution is 2.25. The normalized spacial score (nSPS) is 11.3. The lowest BCUT2D eigenvalue weighted by Gasteiger charge is -2.06. The van der Waals surface area contributed by atoms with E-state index in [0.29, 0.717) is 13.2 Å². The molecule has 0 aliphatic rings. The fourth-order valence-corrected chi connectivity index (χ4v) is 2.84. The Morgan fingerprint density at radius 3 is 2.90 bits per heavy atom. The SMILES string of the molecule is COCCn1c(-c2csc(CN)n2)nc2ccccc21. The highest BCUT2D eigenvalue weighted by Gasteiger charge is 2.14. The van der Waals surface area contributed by atoms with Crippen LogP contribution in [-0.4, -0.2) is 28.3 Å². The van der Waals surface area contributed by atoms with Crippen molar-refractivity contribution in [2.75, 3.05) is 13.7 Å². The van der Waals surface area contributed by atoms with E-state index in [1.54, 1.807) is 18.4 Å². The van der Waals surface area contributed by atoms with E-state index in [9.17, 15) is 0 Å². The third-order valence-electron chi connectivity index (χ3n) is 3.13. The minimum Gasteiger partial charge on any atom is -0.383 e. The summed E-state index contributed by atoms with van der Waals surface area (Å²) in [5.74, 6) is 0.874. The largest absolute Gasteiger partial charge is 0.383 e. The van der Waals surface area contributed by atoms with Crippen LogP contribution in [0.2, 0.25) is 0 Å². The van der Waals surface area contributed by atoms with Gasteiger partial charge in [-0.05, 0) is 12.1 Å². The average molecular weight is 288 g/mol. The number of thiazole rings is 1. The summed E-state index contributed by atoms with van der Waals surface area (Å²) in [6.07, 6.45) is 0. The predicted octanol–water partition coefficient (Wildman–Crippen LogP) is 2.26. The number of hydrogen-bond donors (Lipinski definition) is 1. The van der Waals surface area contributed by atoms with E-state index in [2.05, 4.69) is 15.6 Å². The van der Waals surface area contributed by atoms with E-state index in [-0.39, 0.29) is 0 Å². The van der Waals surface area contributed by atoms with Gasteiger partial charge in [-0.25, -0.2) is 9.97 Å². The molecule has 0 saturated heterocycles. The number of nitrogens with two attached hydrogens (primary N) is 1. The summed E-state index contributed by atoms with van der Waals surface area (Å²) in [5.41, 5.74) is 8.58. The summed E-state index contributed by atoms with van der Waals surface area (Å²) in [4.78, 5) is 9.23. The average Bonchev–Trinajstić information content (AvgIpc) is 3.09. The van der Waals surface area contributed by atoms with Gasteiger partial charge in [-0.15, -0.1) is 11.3 Å². The molecule has 2 N–H and O–H groups in total. The molecule has 2 heterocycles. The van der Waals surface area contributed by atoms with Gasteiger partial charge in [0.2, 0.25) is 0 Å². The van der Waals surface area contributed by atoms with Crippen molar-refractivity contribution in [1.82, 2.24) is 14.5 Å². The van der Waals surface area contributed by atoms with E-state index in [1.807, 2.05) is 23.6 Å². The molecule has 0 atom stereocenters. The van der Waals surface area contributed by atoms with Crippen LogP contribution in [0.5, 0.6) is 0 Å². The number of ether oxygens (including phenoxy) is 1. The molecule has 20 heavy (non-hydrogen) atoms. The molecular weight excluding hydrogens is 272 g/mol. The number of aromatic nitrogens is 3. The second-order valence-electron chi connectivity index (χ2n) is 4.40. The Kier molecular flexibility index (Phi) is 3.77. The first kappa shape index (κ1) is 13.2. The van der Waals surface area contributed by atoms with Crippen LogP contribution >= 0.6 is 11.3 Å². The van der Waals surface area contributed by atoms with Crippen LogP contribution in [0.25, 0.3) is 22.6 Å². The van der Waals surface area contributed by atoms with E-state index in [4.69, 9.17) is 15.5 Å². The zero-order chi connectivity index (χ0) is 13.9. The molecule has 0 saturated carbocycles. The summed E-state index contributed by atoms with van der Waals surface area (Å²) in [7, 11) is 1.70. The summed E-state index contributed by atoms with van der Waals surface area (Å²) in [6.45, 7) is 1.85. The Balaban J connectivity index is 2.12. The number of fused-ring (bicyclic) bond motifs is 1. The van der Waals surface area contributed by atoms with Crippen LogP contribution in [-0.2, 0) is 17.8 Å². The highest BCUT2D eigenvalue weighted by atomic mass is 32.1. The molecule has 0 aliphatic carbocycles. The molecule has 0 bridgehead atoms. The highest BCUT2D eigenvalue weighted by molar-refractivity contribution is 7.09. The maximum absolute atomic E-state index is 5.64. The number of methoxy groups -OCH3 is 1. The van der Waals surface area contributed by atoms with Gasteiger partial charge in [-0.3, -0.25) is 0 Å². The van der Waals surface area contributed by atoms with Gasteiger partial charge >= 0.3 is 0 Å². The lowest BCUT2D eigenvalue weighted by atomic mass is 10.3. The van der Waals surface area contributed by atoms with Crippen molar-refractivity contribution in [3.8, 4) is 11.5 Å². The van der Waals surface area contributed by atoms with Crippen LogP contribution in [0.1, 0.15) is 5.01 Å². The smallest absolute Gasteiger partial charge is 0.160 e. The predicted molar refractivity (Wildman–Crippen MR) is 80.6 cm³/mol. The topological polar surface area (TPSA) is 66.0 Å². The minimum atomic E-state index is 0.461. The van der Waals surface area contributed by atoms with E-state index in [0.717, 1.165) is 34.1 Å². The van der Waals surface area contributed by atoms with Gasteiger partial charge in [0.1, 0.15) is 10.7 Å². The fraction of sp³-hybridized carbons (Fsp3) is 0.286. The molecular formula is C14H16N4OS. The summed E-state index contributed by atoms with van der Waals surface area (Å²) < 4.78 is 7.34. The molecule has 0 unspecified atom stereocenters. The van der Waals surface area contributed by atoms with Gasteiger partial charge in [0.15, 0.2) is 5.82 Å². The van der Waals surface area contributed by atoms with Crippen molar-refractivity contribution in [2.45, 2.75) is 13.1 Å². The van der Waals surface area contributed by atoms with E-state index in [1.165, 1.54) is 0 Å². The van der Waals surface area contributed by atoms with Crippen molar-refractivity contribution < 1.29 is 4.74 Å². The van der Waals surface area contributed by atoms with Crippen molar-refractivity contribution in [1.29, 1.82) is 0 Å². The third-order valence-corrected chi connectivity index (χ3v) is 4.00. The minimum absolute atomic E-state index is 0.461. The second-order valence-corrected chi connectivity index (χ2v) is 5.34. The van der Waals surface area contributed by atoms with Gasteiger partial charge in [0.05, 0.1) is 17.6 Å². The van der Waals surface area contributed by atoms with Gasteiger partial charge in [0, 0.05) is 25.6 Å². The third kappa shape index (κ3) is 2.33. The van der Waals surface area contributed by atoms with E-state index >= 15 is 0 Å². The quantitative estimate of drug-likeness (QED) is 0.782. The number of rotatable bonds is 5. The maximum Gasteiger partial charge on any atom is 0.160 e. The zero-order valence-corrected chi connectivity index (χ0v) is 12.1. The van der Waals surface area contributed by atoms with Crippen molar-refractivity contribution in [2.24, 2.45) is 5.73 Å². The molecule has 0 amide bonds. The molecule has 6 heteroatoms. The van der Waals surface area contributed by atoms with Crippen molar-refractivity contribution in [3.63, 3.8) is 0 Å². The number of nitrogens with zero attached hydrogens (tertiary/aromatic N) is 3. The first-order valence-electron chi connectivity index (χ1n) is 6.42. The molecule has 0 fully saturated rings. The van der Waals surface area contributed by atoms with Gasteiger partial charge in [-0.1, -0.05) is 12.1 Å². The summed E-state index contributed by atoms with van der Waals surface area (Å²) >= 11 is 1.57. The standard InChI is InChI=1S/C14H16N4OS/c1-19-7-6-18-12-5-3-2-4-10(12)17-14(18)11-9-20-13(8-15)16-11/h2-5,9H,6-8,15H2,1H3. The molecule has 0 radical (unpaired) electrons. The molecule has 0 spiro atoms.